The van der Waals surface area contributed by atoms with Gasteiger partial charge in [0.1, 0.15) is 11.4 Å². The maximum Gasteiger partial charge on any atom is 0.319 e. The number of nitrogens with one attached hydrogen (secondary N) is 2. The molecule has 0 spiro atoms. The molecule has 23 heavy (non-hydrogen) atoms. The second-order valence-corrected chi connectivity index (χ2v) is 5.75. The van der Waals surface area contributed by atoms with Crippen molar-refractivity contribution in [3.8, 4) is 0 Å². The van der Waals surface area contributed by atoms with Crippen molar-refractivity contribution in [2.45, 2.75) is 12.5 Å². The van der Waals surface area contributed by atoms with Gasteiger partial charge in [0.2, 0.25) is 0 Å². The van der Waals surface area contributed by atoms with Gasteiger partial charge in [-0.1, -0.05) is 30.3 Å². The van der Waals surface area contributed by atoms with Crippen LogP contribution in [0.1, 0.15) is 12.5 Å². The van der Waals surface area contributed by atoms with Crippen molar-refractivity contribution in [1.29, 1.82) is 0 Å². The molecule has 0 saturated carbocycles. The number of urea groups is 1. The molecule has 0 aliphatic rings. The van der Waals surface area contributed by atoms with Gasteiger partial charge in [-0.05, 0) is 24.6 Å². The fraction of sp³-hybridized carbons (Fsp3) is 0.294. The number of amides is 2. The molecular weight excluding hydrogens is 292 g/mol. The van der Waals surface area contributed by atoms with E-state index in [1.165, 1.54) is 0 Å². The second-order valence-electron chi connectivity index (χ2n) is 5.75. The van der Waals surface area contributed by atoms with Gasteiger partial charge in [-0.25, -0.2) is 9.78 Å². The number of aliphatic hydroxyl groups is 1. The highest BCUT2D eigenvalue weighted by molar-refractivity contribution is 5.89. The predicted molar refractivity (Wildman–Crippen MR) is 91.6 cm³/mol. The largest absolute Gasteiger partial charge is 0.384 e. The number of benzene rings is 1. The number of rotatable bonds is 5. The van der Waals surface area contributed by atoms with Gasteiger partial charge in [0.25, 0.3) is 0 Å². The van der Waals surface area contributed by atoms with Crippen molar-refractivity contribution in [2.24, 2.45) is 0 Å². The summed E-state index contributed by atoms with van der Waals surface area (Å²) in [5, 5.41) is 15.8. The number of aromatic nitrogens is 1. The molecule has 2 rings (SSSR count). The van der Waals surface area contributed by atoms with Gasteiger partial charge < -0.3 is 20.6 Å². The van der Waals surface area contributed by atoms with Gasteiger partial charge in [-0.3, -0.25) is 0 Å². The van der Waals surface area contributed by atoms with Gasteiger partial charge >= 0.3 is 6.03 Å². The molecule has 1 unspecified atom stereocenters. The first-order chi connectivity index (χ1) is 10.9. The van der Waals surface area contributed by atoms with E-state index in [-0.39, 0.29) is 12.6 Å². The van der Waals surface area contributed by atoms with Crippen LogP contribution in [0.2, 0.25) is 0 Å². The van der Waals surface area contributed by atoms with Gasteiger partial charge in [0.05, 0.1) is 18.4 Å². The summed E-state index contributed by atoms with van der Waals surface area (Å²) in [5.74, 6) is 0.808. The average Bonchev–Trinajstić information content (AvgIpc) is 2.54. The molecular formula is C17H22N4O2. The molecule has 6 nitrogen and oxygen atoms in total. The van der Waals surface area contributed by atoms with Crippen molar-refractivity contribution in [3.63, 3.8) is 0 Å². The van der Waals surface area contributed by atoms with Gasteiger partial charge in [-0.15, -0.1) is 0 Å². The number of hydrogen-bond acceptors (Lipinski definition) is 4. The van der Waals surface area contributed by atoms with E-state index < -0.39 is 5.60 Å². The summed E-state index contributed by atoms with van der Waals surface area (Å²) < 4.78 is 0. The number of nitrogens with zero attached hydrogens (tertiary/aromatic N) is 2. The monoisotopic (exact) mass is 314 g/mol. The Balaban J connectivity index is 1.90. The molecule has 2 aromatic rings. The Labute approximate surface area is 136 Å². The quantitative estimate of drug-likeness (QED) is 0.790. The fourth-order valence-corrected chi connectivity index (χ4v) is 2.05. The summed E-state index contributed by atoms with van der Waals surface area (Å²) in [6.07, 6.45) is 1.59. The van der Waals surface area contributed by atoms with Crippen molar-refractivity contribution in [1.82, 2.24) is 10.3 Å². The predicted octanol–water partition coefficient (Wildman–Crippen LogP) is 2.18. The fourth-order valence-electron chi connectivity index (χ4n) is 2.05. The van der Waals surface area contributed by atoms with E-state index in [4.69, 9.17) is 0 Å². The van der Waals surface area contributed by atoms with Crippen LogP contribution in [0.15, 0.2) is 48.7 Å². The third kappa shape index (κ3) is 4.69. The summed E-state index contributed by atoms with van der Waals surface area (Å²) in [5.41, 5.74) is 0.204. The van der Waals surface area contributed by atoms with Crippen LogP contribution in [0.4, 0.5) is 16.3 Å². The summed E-state index contributed by atoms with van der Waals surface area (Å²) in [6.45, 7) is 1.77. The lowest BCUT2D eigenvalue weighted by molar-refractivity contribution is 0.0599. The average molecular weight is 314 g/mol. The van der Waals surface area contributed by atoms with Crippen molar-refractivity contribution in [2.75, 3.05) is 30.9 Å². The van der Waals surface area contributed by atoms with Crippen LogP contribution in [0.25, 0.3) is 0 Å². The Morgan fingerprint density at radius 1 is 1.22 bits per heavy atom. The Kier molecular flexibility index (Phi) is 5.18. The lowest BCUT2D eigenvalue weighted by Crippen LogP contribution is -2.40. The van der Waals surface area contributed by atoms with E-state index in [2.05, 4.69) is 15.6 Å². The molecule has 1 aromatic carbocycles. The zero-order valence-corrected chi connectivity index (χ0v) is 13.6. The number of anilines is 2. The third-order valence-corrected chi connectivity index (χ3v) is 3.45. The second kappa shape index (κ2) is 7.11. The summed E-state index contributed by atoms with van der Waals surface area (Å²) >= 11 is 0. The molecule has 0 radical (unpaired) electrons. The smallest absolute Gasteiger partial charge is 0.319 e. The van der Waals surface area contributed by atoms with E-state index >= 15 is 0 Å². The topological polar surface area (TPSA) is 77.5 Å². The first kappa shape index (κ1) is 16.8. The molecule has 122 valence electrons. The third-order valence-electron chi connectivity index (χ3n) is 3.45. The number of hydrogen-bond donors (Lipinski definition) is 3. The molecule has 6 heteroatoms. The number of pyridine rings is 1. The van der Waals surface area contributed by atoms with E-state index in [1.807, 2.05) is 55.4 Å². The summed E-state index contributed by atoms with van der Waals surface area (Å²) in [6, 6.07) is 12.4. The standard InChI is InChI=1S/C17H22N4O2/c1-17(23,13-7-5-4-6-8-13)12-19-16(22)20-14-9-10-15(18-11-14)21(2)3/h4-11,23H,12H2,1-3H3,(H2,19,20,22). The molecule has 0 bridgehead atoms. The van der Waals surface area contributed by atoms with Gasteiger partial charge in [0, 0.05) is 14.1 Å². The molecule has 2 amide bonds. The number of carbonyl (C=O) groups excluding carboxylic acids is 1. The Morgan fingerprint density at radius 3 is 2.48 bits per heavy atom. The van der Waals surface area contributed by atoms with Crippen molar-refractivity contribution in [3.05, 3.63) is 54.2 Å². The van der Waals surface area contributed by atoms with Crippen LogP contribution in [-0.4, -0.2) is 36.8 Å². The molecule has 3 N–H and O–H groups in total. The summed E-state index contributed by atoms with van der Waals surface area (Å²) in [4.78, 5) is 18.0. The van der Waals surface area contributed by atoms with E-state index in [0.717, 1.165) is 11.4 Å². The zero-order chi connectivity index (χ0) is 16.9. The first-order valence-electron chi connectivity index (χ1n) is 7.34. The van der Waals surface area contributed by atoms with Crippen molar-refractivity contribution < 1.29 is 9.90 Å². The van der Waals surface area contributed by atoms with E-state index in [9.17, 15) is 9.90 Å². The molecule has 1 heterocycles. The highest BCUT2D eigenvalue weighted by atomic mass is 16.3. The zero-order valence-electron chi connectivity index (χ0n) is 13.6. The molecule has 1 atom stereocenters. The minimum atomic E-state index is -1.13. The molecule has 1 aromatic heterocycles. The highest BCUT2D eigenvalue weighted by Crippen LogP contribution is 2.19. The SMILES string of the molecule is CN(C)c1ccc(NC(=O)NCC(C)(O)c2ccccc2)cn1. The van der Waals surface area contributed by atoms with Gasteiger partial charge in [-0.2, -0.15) is 0 Å². The van der Waals surface area contributed by atoms with Crippen LogP contribution >= 0.6 is 0 Å². The van der Waals surface area contributed by atoms with Crippen molar-refractivity contribution >= 4 is 17.5 Å². The first-order valence-corrected chi connectivity index (χ1v) is 7.34. The Hall–Kier alpha value is -2.60. The molecule has 0 saturated heterocycles. The molecule has 0 fully saturated rings. The van der Waals surface area contributed by atoms with Crippen LogP contribution < -0.4 is 15.5 Å². The summed E-state index contributed by atoms with van der Waals surface area (Å²) in [7, 11) is 3.79. The van der Waals surface area contributed by atoms with Gasteiger partial charge in [0.15, 0.2) is 0 Å². The minimum Gasteiger partial charge on any atom is -0.384 e. The Morgan fingerprint density at radius 2 is 1.91 bits per heavy atom. The number of carbonyl (C=O) groups is 1. The molecule has 0 aliphatic heterocycles. The van der Waals surface area contributed by atoms with E-state index in [0.29, 0.717) is 5.69 Å². The van der Waals surface area contributed by atoms with Crippen LogP contribution in [0.3, 0.4) is 0 Å². The Bertz CT molecular complexity index is 639. The van der Waals surface area contributed by atoms with Crippen LogP contribution in [0, 0.1) is 0 Å². The highest BCUT2D eigenvalue weighted by Gasteiger charge is 2.23. The maximum atomic E-state index is 11.9. The normalized spacial score (nSPS) is 13.0. The lowest BCUT2D eigenvalue weighted by Gasteiger charge is -2.24. The van der Waals surface area contributed by atoms with Crippen LogP contribution in [0.5, 0.6) is 0 Å². The van der Waals surface area contributed by atoms with E-state index in [1.54, 1.807) is 19.2 Å². The molecule has 0 aliphatic carbocycles. The minimum absolute atomic E-state index is 0.103. The lowest BCUT2D eigenvalue weighted by atomic mass is 9.96. The van der Waals surface area contributed by atoms with Crippen LogP contribution in [-0.2, 0) is 5.60 Å². The maximum absolute atomic E-state index is 11.9.